The van der Waals surface area contributed by atoms with Crippen molar-refractivity contribution >= 4 is 11.6 Å². The summed E-state index contributed by atoms with van der Waals surface area (Å²) in [5, 5.41) is 9.46. The number of halogens is 1. The van der Waals surface area contributed by atoms with Crippen LogP contribution in [-0.4, -0.2) is 16.7 Å². The van der Waals surface area contributed by atoms with Crippen molar-refractivity contribution in [3.05, 3.63) is 40.9 Å². The van der Waals surface area contributed by atoms with Gasteiger partial charge in [0.05, 0.1) is 24.9 Å². The Bertz CT molecular complexity index is 631. The molecule has 0 aliphatic heterocycles. The third-order valence-corrected chi connectivity index (χ3v) is 2.99. The minimum Gasteiger partial charge on any atom is -0.497 e. The van der Waals surface area contributed by atoms with Gasteiger partial charge in [0, 0.05) is 13.1 Å². The Morgan fingerprint density at radius 3 is 2.68 bits per heavy atom. The van der Waals surface area contributed by atoms with Gasteiger partial charge in [0.25, 0.3) is 0 Å². The molecule has 0 radical (unpaired) electrons. The minimum absolute atomic E-state index is 0.265. The summed E-state index contributed by atoms with van der Waals surface area (Å²) in [7, 11) is 3.35. The van der Waals surface area contributed by atoms with Crippen LogP contribution in [0.15, 0.2) is 24.4 Å². The Hall–Kier alpha value is -2.19. The van der Waals surface area contributed by atoms with E-state index >= 15 is 0 Å². The summed E-state index contributed by atoms with van der Waals surface area (Å²) in [6.45, 7) is 0.265. The summed E-state index contributed by atoms with van der Waals surface area (Å²) >= 11 is 5.89. The second kappa shape index (κ2) is 5.63. The number of nitrogens with zero attached hydrogens (tertiary/aromatic N) is 3. The summed E-state index contributed by atoms with van der Waals surface area (Å²) in [6.07, 6.45) is 1.56. The van der Waals surface area contributed by atoms with Crippen LogP contribution in [0, 0.1) is 11.3 Å². The first kappa shape index (κ1) is 13.2. The van der Waals surface area contributed by atoms with Gasteiger partial charge < -0.3 is 14.0 Å². The summed E-state index contributed by atoms with van der Waals surface area (Å²) in [5.41, 5.74) is 0.479. The number of benzene rings is 1. The van der Waals surface area contributed by atoms with Gasteiger partial charge in [0.1, 0.15) is 29.1 Å². The number of imidazole rings is 1. The maximum Gasteiger partial charge on any atom is 0.147 e. The second-order valence-corrected chi connectivity index (χ2v) is 4.24. The van der Waals surface area contributed by atoms with Crippen molar-refractivity contribution in [3.8, 4) is 17.6 Å². The van der Waals surface area contributed by atoms with E-state index in [1.165, 1.54) is 0 Å². The van der Waals surface area contributed by atoms with Crippen molar-refractivity contribution in [2.45, 2.75) is 6.61 Å². The van der Waals surface area contributed by atoms with E-state index in [1.807, 2.05) is 0 Å². The number of hydrogen-bond donors (Lipinski definition) is 0. The normalized spacial score (nSPS) is 10.0. The van der Waals surface area contributed by atoms with E-state index in [2.05, 4.69) is 11.1 Å². The third kappa shape index (κ3) is 2.98. The van der Waals surface area contributed by atoms with Crippen LogP contribution in [-0.2, 0) is 13.7 Å². The van der Waals surface area contributed by atoms with Crippen LogP contribution in [0.2, 0.25) is 5.15 Å². The van der Waals surface area contributed by atoms with Gasteiger partial charge in [-0.25, -0.2) is 4.98 Å². The molecule has 98 valence electrons. The van der Waals surface area contributed by atoms with Crippen LogP contribution in [0.3, 0.4) is 0 Å². The molecule has 0 N–H and O–H groups in total. The average Bonchev–Trinajstić information content (AvgIpc) is 2.76. The van der Waals surface area contributed by atoms with E-state index in [4.69, 9.17) is 26.3 Å². The molecule has 0 bridgehead atoms. The van der Waals surface area contributed by atoms with E-state index in [1.54, 1.807) is 43.1 Å². The van der Waals surface area contributed by atoms with Crippen LogP contribution in [0.4, 0.5) is 0 Å². The summed E-state index contributed by atoms with van der Waals surface area (Å²) in [5.74, 6) is 1.83. The Labute approximate surface area is 116 Å². The third-order valence-electron chi connectivity index (χ3n) is 2.64. The lowest BCUT2D eigenvalue weighted by Crippen LogP contribution is -2.03. The molecule has 1 heterocycles. The highest BCUT2D eigenvalue weighted by Crippen LogP contribution is 2.23. The monoisotopic (exact) mass is 277 g/mol. The highest BCUT2D eigenvalue weighted by atomic mass is 35.5. The van der Waals surface area contributed by atoms with E-state index in [9.17, 15) is 0 Å². The first-order valence-corrected chi connectivity index (χ1v) is 5.90. The predicted octanol–water partition coefficient (Wildman–Crippen LogP) is 2.53. The first-order valence-electron chi connectivity index (χ1n) is 5.52. The molecule has 0 saturated carbocycles. The average molecular weight is 278 g/mol. The molecule has 0 aliphatic carbocycles. The summed E-state index contributed by atoms with van der Waals surface area (Å²) in [6, 6.07) is 7.06. The molecule has 19 heavy (non-hydrogen) atoms. The molecule has 0 fully saturated rings. The fraction of sp³-hybridized carbons (Fsp3) is 0.231. The smallest absolute Gasteiger partial charge is 0.147 e. The molecular formula is C13H12ClN3O2. The Kier molecular flexibility index (Phi) is 3.93. The van der Waals surface area contributed by atoms with Gasteiger partial charge in [-0.3, -0.25) is 0 Å². The number of ether oxygens (including phenoxy) is 2. The molecule has 0 saturated heterocycles. The van der Waals surface area contributed by atoms with E-state index < -0.39 is 0 Å². The zero-order chi connectivity index (χ0) is 13.8. The molecule has 6 heteroatoms. The van der Waals surface area contributed by atoms with E-state index in [0.717, 1.165) is 0 Å². The predicted molar refractivity (Wildman–Crippen MR) is 70.3 cm³/mol. The fourth-order valence-corrected chi connectivity index (χ4v) is 1.69. The Morgan fingerprint density at radius 2 is 2.11 bits per heavy atom. The number of rotatable bonds is 4. The fourth-order valence-electron chi connectivity index (χ4n) is 1.54. The van der Waals surface area contributed by atoms with Gasteiger partial charge in [0.2, 0.25) is 0 Å². The lowest BCUT2D eigenvalue weighted by molar-refractivity contribution is 0.289. The van der Waals surface area contributed by atoms with Crippen LogP contribution < -0.4 is 9.47 Å². The number of nitriles is 1. The summed E-state index contributed by atoms with van der Waals surface area (Å²) < 4.78 is 12.4. The number of aromatic nitrogens is 2. The lowest BCUT2D eigenvalue weighted by Gasteiger charge is -2.08. The zero-order valence-corrected chi connectivity index (χ0v) is 11.3. The molecule has 1 aromatic heterocycles. The van der Waals surface area contributed by atoms with Gasteiger partial charge in [-0.2, -0.15) is 5.26 Å². The van der Waals surface area contributed by atoms with Crippen LogP contribution in [0.5, 0.6) is 11.5 Å². The lowest BCUT2D eigenvalue weighted by atomic mass is 10.2. The largest absolute Gasteiger partial charge is 0.497 e. The standard InChI is InChI=1S/C13H12ClN3O2/c1-17-12(14)7-16-13(17)8-19-11-4-9(6-15)3-10(5-11)18-2/h3-5,7H,8H2,1-2H3. The van der Waals surface area contributed by atoms with Gasteiger partial charge in [-0.05, 0) is 12.1 Å². The molecule has 0 spiro atoms. The maximum atomic E-state index is 8.92. The van der Waals surface area contributed by atoms with Gasteiger partial charge >= 0.3 is 0 Å². The van der Waals surface area contributed by atoms with Crippen molar-refractivity contribution in [3.63, 3.8) is 0 Å². The van der Waals surface area contributed by atoms with Crippen LogP contribution >= 0.6 is 11.6 Å². The molecule has 2 rings (SSSR count). The van der Waals surface area contributed by atoms with Gasteiger partial charge in [0.15, 0.2) is 0 Å². The Balaban J connectivity index is 2.15. The van der Waals surface area contributed by atoms with Crippen molar-refractivity contribution < 1.29 is 9.47 Å². The van der Waals surface area contributed by atoms with E-state index in [-0.39, 0.29) is 6.61 Å². The molecule has 0 atom stereocenters. The van der Waals surface area contributed by atoms with Crippen molar-refractivity contribution in [1.82, 2.24) is 9.55 Å². The van der Waals surface area contributed by atoms with Crippen LogP contribution in [0.1, 0.15) is 11.4 Å². The van der Waals surface area contributed by atoms with E-state index in [0.29, 0.717) is 28.0 Å². The molecular weight excluding hydrogens is 266 g/mol. The number of hydrogen-bond acceptors (Lipinski definition) is 4. The van der Waals surface area contributed by atoms with Crippen molar-refractivity contribution in [2.24, 2.45) is 7.05 Å². The van der Waals surface area contributed by atoms with Crippen molar-refractivity contribution in [2.75, 3.05) is 7.11 Å². The highest BCUT2D eigenvalue weighted by molar-refractivity contribution is 6.29. The quantitative estimate of drug-likeness (QED) is 0.862. The second-order valence-electron chi connectivity index (χ2n) is 3.85. The summed E-state index contributed by atoms with van der Waals surface area (Å²) in [4.78, 5) is 4.13. The minimum atomic E-state index is 0.265. The van der Waals surface area contributed by atoms with Crippen molar-refractivity contribution in [1.29, 1.82) is 5.26 Å². The SMILES string of the molecule is COc1cc(C#N)cc(OCc2ncc(Cl)n2C)c1. The molecule has 0 aliphatic rings. The van der Waals surface area contributed by atoms with Gasteiger partial charge in [-0.15, -0.1) is 0 Å². The number of methoxy groups -OCH3 is 1. The Morgan fingerprint density at radius 1 is 1.37 bits per heavy atom. The van der Waals surface area contributed by atoms with Gasteiger partial charge in [-0.1, -0.05) is 11.6 Å². The zero-order valence-electron chi connectivity index (χ0n) is 10.6. The maximum absolute atomic E-state index is 8.92. The topological polar surface area (TPSA) is 60.1 Å². The first-order chi connectivity index (χ1) is 9.13. The molecule has 0 unspecified atom stereocenters. The molecule has 1 aromatic carbocycles. The molecule has 0 amide bonds. The molecule has 2 aromatic rings. The van der Waals surface area contributed by atoms with Crippen LogP contribution in [0.25, 0.3) is 0 Å². The highest BCUT2D eigenvalue weighted by Gasteiger charge is 2.07. The molecule has 5 nitrogen and oxygen atoms in total.